The van der Waals surface area contributed by atoms with Gasteiger partial charge in [-0.15, -0.1) is 0 Å². The minimum atomic E-state index is -0.407. The van der Waals surface area contributed by atoms with Crippen molar-refractivity contribution in [2.24, 2.45) is 27.2 Å². The van der Waals surface area contributed by atoms with Gasteiger partial charge in [0.05, 0.1) is 11.2 Å². The maximum Gasteiger partial charge on any atom is 0.419 e. The lowest BCUT2D eigenvalue weighted by Crippen LogP contribution is -2.26. The third-order valence-corrected chi connectivity index (χ3v) is 2.46. The van der Waals surface area contributed by atoms with Crippen LogP contribution in [0.5, 0.6) is 0 Å². The van der Waals surface area contributed by atoms with E-state index in [2.05, 4.69) is 9.98 Å². The van der Waals surface area contributed by atoms with Gasteiger partial charge >= 0.3 is 5.76 Å². The molecule has 0 saturated heterocycles. The van der Waals surface area contributed by atoms with Gasteiger partial charge in [-0.2, -0.15) is 4.99 Å². The number of aliphatic imine (C=N–C) groups is 2. The van der Waals surface area contributed by atoms with E-state index in [1.165, 1.54) is 4.57 Å². The van der Waals surface area contributed by atoms with Crippen LogP contribution in [0.3, 0.4) is 0 Å². The van der Waals surface area contributed by atoms with Crippen LogP contribution in [0.1, 0.15) is 6.92 Å². The number of nitrogens with zero attached hydrogens (tertiary/aromatic N) is 3. The van der Waals surface area contributed by atoms with Gasteiger partial charge in [0.15, 0.2) is 11.5 Å². The fourth-order valence-corrected chi connectivity index (χ4v) is 1.71. The Morgan fingerprint density at radius 3 is 2.74 bits per heavy atom. The molecule has 2 rings (SSSR count). The van der Waals surface area contributed by atoms with Crippen LogP contribution in [-0.2, 0) is 6.54 Å². The zero-order chi connectivity index (χ0) is 14.0. The fraction of sp³-hybridized carbons (Fsp3) is 0.182. The second-order valence-electron chi connectivity index (χ2n) is 3.77. The van der Waals surface area contributed by atoms with Gasteiger partial charge in [0.25, 0.3) is 0 Å². The van der Waals surface area contributed by atoms with Crippen LogP contribution in [0, 0.1) is 0 Å². The number of rotatable bonds is 2. The topological polar surface area (TPSA) is 138 Å². The van der Waals surface area contributed by atoms with E-state index in [0.717, 1.165) is 0 Å². The smallest absolute Gasteiger partial charge is 0.408 e. The molecule has 8 heteroatoms. The Bertz CT molecular complexity index is 720. The van der Waals surface area contributed by atoms with Gasteiger partial charge in [0, 0.05) is 12.6 Å². The summed E-state index contributed by atoms with van der Waals surface area (Å²) in [5.41, 5.74) is 17.5. The molecule has 0 saturated carbocycles. The van der Waals surface area contributed by atoms with Crippen molar-refractivity contribution in [2.45, 2.75) is 13.5 Å². The molecule has 0 amide bonds. The lowest BCUT2D eigenvalue weighted by molar-refractivity contribution is 0.513. The van der Waals surface area contributed by atoms with Gasteiger partial charge in [-0.3, -0.25) is 4.57 Å². The highest BCUT2D eigenvalue weighted by Crippen LogP contribution is 2.20. The molecule has 0 aliphatic rings. The molecule has 0 spiro atoms. The number of hydrogen-bond donors (Lipinski definition) is 3. The van der Waals surface area contributed by atoms with Crippen molar-refractivity contribution in [1.82, 2.24) is 4.57 Å². The molecular formula is C11H14N6O2. The lowest BCUT2D eigenvalue weighted by atomic mass is 10.3. The first-order chi connectivity index (χ1) is 9.01. The predicted molar refractivity (Wildman–Crippen MR) is 73.2 cm³/mol. The summed E-state index contributed by atoms with van der Waals surface area (Å²) in [4.78, 5) is 19.1. The number of guanidine groups is 2. The molecule has 1 heterocycles. The molecule has 2 aromatic rings. The molecule has 0 atom stereocenters. The van der Waals surface area contributed by atoms with E-state index in [4.69, 9.17) is 21.6 Å². The number of nitrogens with two attached hydrogens (primary N) is 3. The molecule has 100 valence electrons. The van der Waals surface area contributed by atoms with Gasteiger partial charge in [0.2, 0.25) is 5.96 Å². The number of benzene rings is 1. The average molecular weight is 262 g/mol. The maximum absolute atomic E-state index is 11.5. The Labute approximate surface area is 108 Å². The van der Waals surface area contributed by atoms with Crippen LogP contribution < -0.4 is 23.0 Å². The summed E-state index contributed by atoms with van der Waals surface area (Å²) in [7, 11) is 0. The summed E-state index contributed by atoms with van der Waals surface area (Å²) in [6.07, 6.45) is 0. The maximum atomic E-state index is 11.5. The highest BCUT2D eigenvalue weighted by atomic mass is 16.4. The number of aryl methyl sites for hydroxylation is 1. The highest BCUT2D eigenvalue weighted by Gasteiger charge is 2.07. The number of fused-ring (bicyclic) bond motifs is 1. The standard InChI is InChI=1S/C11H14N6O2/c1-2-17-7-4-3-6(5-8(7)19-11(17)18)15-10(14)16-9(12)13/h3-5H,2H2,1H3,(H6,12,13,14,15,16). The zero-order valence-corrected chi connectivity index (χ0v) is 10.3. The predicted octanol–water partition coefficient (Wildman–Crippen LogP) is -0.166. The van der Waals surface area contributed by atoms with Gasteiger partial charge < -0.3 is 21.6 Å². The molecule has 0 unspecified atom stereocenters. The van der Waals surface area contributed by atoms with E-state index in [1.54, 1.807) is 18.2 Å². The normalized spacial score (nSPS) is 11.7. The van der Waals surface area contributed by atoms with Crippen LogP contribution in [0.4, 0.5) is 5.69 Å². The number of oxazole rings is 1. The van der Waals surface area contributed by atoms with Crippen LogP contribution >= 0.6 is 0 Å². The summed E-state index contributed by atoms with van der Waals surface area (Å²) in [5, 5.41) is 0. The molecule has 0 bridgehead atoms. The molecule has 8 nitrogen and oxygen atoms in total. The van der Waals surface area contributed by atoms with Crippen LogP contribution in [0.25, 0.3) is 11.1 Å². The molecule has 0 fully saturated rings. The Hall–Kier alpha value is -2.77. The van der Waals surface area contributed by atoms with E-state index in [-0.39, 0.29) is 11.9 Å². The van der Waals surface area contributed by atoms with Crippen molar-refractivity contribution >= 4 is 28.7 Å². The Morgan fingerprint density at radius 1 is 1.37 bits per heavy atom. The summed E-state index contributed by atoms with van der Waals surface area (Å²) >= 11 is 0. The molecular weight excluding hydrogens is 248 g/mol. The molecule has 6 N–H and O–H groups in total. The first kappa shape index (κ1) is 12.7. The summed E-state index contributed by atoms with van der Waals surface area (Å²) in [5.74, 6) is -0.654. The fourth-order valence-electron chi connectivity index (χ4n) is 1.71. The van der Waals surface area contributed by atoms with Crippen molar-refractivity contribution in [3.05, 3.63) is 28.7 Å². The van der Waals surface area contributed by atoms with Crippen molar-refractivity contribution in [3.8, 4) is 0 Å². The van der Waals surface area contributed by atoms with E-state index in [1.807, 2.05) is 6.92 Å². The summed E-state index contributed by atoms with van der Waals surface area (Å²) < 4.78 is 6.62. The third kappa shape index (κ3) is 2.57. The van der Waals surface area contributed by atoms with Crippen LogP contribution in [0.15, 0.2) is 37.4 Å². The van der Waals surface area contributed by atoms with Crippen molar-refractivity contribution < 1.29 is 4.42 Å². The first-order valence-electron chi connectivity index (χ1n) is 5.58. The van der Waals surface area contributed by atoms with E-state index >= 15 is 0 Å². The van der Waals surface area contributed by atoms with Gasteiger partial charge in [-0.25, -0.2) is 9.79 Å². The van der Waals surface area contributed by atoms with Gasteiger partial charge in [-0.1, -0.05) is 0 Å². The Kier molecular flexibility index (Phi) is 3.23. The molecule has 1 aromatic heterocycles. The van der Waals surface area contributed by atoms with Gasteiger partial charge in [0.1, 0.15) is 0 Å². The summed E-state index contributed by atoms with van der Waals surface area (Å²) in [6, 6.07) is 5.02. The third-order valence-electron chi connectivity index (χ3n) is 2.46. The van der Waals surface area contributed by atoms with Crippen molar-refractivity contribution in [1.29, 1.82) is 0 Å². The van der Waals surface area contributed by atoms with Gasteiger partial charge in [-0.05, 0) is 19.1 Å². The van der Waals surface area contributed by atoms with Crippen LogP contribution in [0.2, 0.25) is 0 Å². The number of aromatic nitrogens is 1. The minimum Gasteiger partial charge on any atom is -0.408 e. The molecule has 19 heavy (non-hydrogen) atoms. The largest absolute Gasteiger partial charge is 0.419 e. The minimum absolute atomic E-state index is 0.0726. The van der Waals surface area contributed by atoms with Crippen molar-refractivity contribution in [3.63, 3.8) is 0 Å². The monoisotopic (exact) mass is 262 g/mol. The SMILES string of the molecule is CCn1c(=O)oc2cc(N=C(N)N=C(N)N)ccc21. The Morgan fingerprint density at radius 2 is 2.11 bits per heavy atom. The van der Waals surface area contributed by atoms with E-state index < -0.39 is 5.76 Å². The number of hydrogen-bond acceptors (Lipinski definition) is 3. The quantitative estimate of drug-likeness (QED) is 0.509. The first-order valence-corrected chi connectivity index (χ1v) is 5.58. The molecule has 0 aliphatic heterocycles. The second-order valence-corrected chi connectivity index (χ2v) is 3.77. The summed E-state index contributed by atoms with van der Waals surface area (Å²) in [6.45, 7) is 2.39. The average Bonchev–Trinajstić information content (AvgIpc) is 2.62. The van der Waals surface area contributed by atoms with Crippen molar-refractivity contribution in [2.75, 3.05) is 0 Å². The van der Waals surface area contributed by atoms with E-state index in [9.17, 15) is 4.79 Å². The Balaban J connectivity index is 2.49. The zero-order valence-electron chi connectivity index (χ0n) is 10.3. The lowest BCUT2D eigenvalue weighted by Gasteiger charge is -1.98. The van der Waals surface area contributed by atoms with Crippen LogP contribution in [-0.4, -0.2) is 16.5 Å². The van der Waals surface area contributed by atoms with E-state index in [0.29, 0.717) is 23.3 Å². The molecule has 1 aromatic carbocycles. The molecule has 0 radical (unpaired) electrons. The highest BCUT2D eigenvalue weighted by molar-refractivity contribution is 5.94. The molecule has 0 aliphatic carbocycles. The second kappa shape index (κ2) is 4.84.